The minimum atomic E-state index is -4.51. The molecule has 0 fully saturated rings. The van der Waals surface area contributed by atoms with Crippen LogP contribution < -0.4 is 0 Å². The first-order valence-corrected chi connectivity index (χ1v) is 5.22. The number of alkyl halides is 3. The van der Waals surface area contributed by atoms with E-state index in [-0.39, 0.29) is 10.8 Å². The lowest BCUT2D eigenvalue weighted by molar-refractivity contribution is -0.137. The molecule has 17 heavy (non-hydrogen) atoms. The molecule has 0 N–H and O–H groups in total. The fourth-order valence-electron chi connectivity index (χ4n) is 1.37. The lowest BCUT2D eigenvalue weighted by Gasteiger charge is -2.12. The topological polar surface area (TPSA) is 17.8 Å². The van der Waals surface area contributed by atoms with Crippen LogP contribution in [0.1, 0.15) is 5.56 Å². The van der Waals surface area contributed by atoms with Crippen LogP contribution >= 0.6 is 23.2 Å². The Kier molecular flexibility index (Phi) is 3.05. The van der Waals surface area contributed by atoms with Crippen molar-refractivity contribution in [3.05, 3.63) is 46.2 Å². The summed E-state index contributed by atoms with van der Waals surface area (Å²) in [6.07, 6.45) is -3.13. The summed E-state index contributed by atoms with van der Waals surface area (Å²) in [7, 11) is 0. The van der Waals surface area contributed by atoms with E-state index in [0.29, 0.717) is 0 Å². The maximum Gasteiger partial charge on any atom is 0.417 e. The molecule has 0 aliphatic rings. The van der Waals surface area contributed by atoms with Crippen molar-refractivity contribution in [2.24, 2.45) is 0 Å². The van der Waals surface area contributed by atoms with Gasteiger partial charge in [0, 0.05) is 0 Å². The molecule has 90 valence electrons. The maximum absolute atomic E-state index is 12.6. The van der Waals surface area contributed by atoms with Gasteiger partial charge in [0.2, 0.25) is 0 Å². The van der Waals surface area contributed by atoms with Gasteiger partial charge in [-0.05, 0) is 18.2 Å². The average molecular weight is 281 g/mol. The molecule has 0 bridgehead atoms. The molecule has 0 aliphatic carbocycles. The zero-order valence-electron chi connectivity index (χ0n) is 8.17. The van der Waals surface area contributed by atoms with Crippen molar-refractivity contribution in [3.8, 4) is 5.69 Å². The molecule has 0 spiro atoms. The van der Waals surface area contributed by atoms with Crippen LogP contribution in [0.3, 0.4) is 0 Å². The Balaban J connectivity index is 2.62. The summed E-state index contributed by atoms with van der Waals surface area (Å²) in [6, 6.07) is 5.03. The van der Waals surface area contributed by atoms with Crippen LogP contribution in [-0.4, -0.2) is 9.78 Å². The third-order valence-electron chi connectivity index (χ3n) is 2.11. The van der Waals surface area contributed by atoms with E-state index in [4.69, 9.17) is 23.2 Å². The van der Waals surface area contributed by atoms with Crippen LogP contribution in [0.4, 0.5) is 13.2 Å². The van der Waals surface area contributed by atoms with Gasteiger partial charge in [-0.3, -0.25) is 0 Å². The third-order valence-corrected chi connectivity index (χ3v) is 2.79. The molecule has 2 aromatic rings. The van der Waals surface area contributed by atoms with Gasteiger partial charge >= 0.3 is 6.18 Å². The van der Waals surface area contributed by atoms with Gasteiger partial charge in [-0.15, -0.1) is 0 Å². The van der Waals surface area contributed by atoms with E-state index in [0.717, 1.165) is 10.7 Å². The van der Waals surface area contributed by atoms with E-state index in [1.807, 2.05) is 0 Å². The predicted molar refractivity (Wildman–Crippen MR) is 58.6 cm³/mol. The monoisotopic (exact) mass is 280 g/mol. The molecule has 1 heterocycles. The predicted octanol–water partition coefficient (Wildman–Crippen LogP) is 4.20. The number of halogens is 5. The standard InChI is InChI=1S/C10H5Cl2F3N2/c11-8-4-5-16-17(8)7-3-1-2-6(9(7)12)10(13,14)15/h1-5H. The van der Waals surface area contributed by atoms with Crippen LogP contribution in [0.5, 0.6) is 0 Å². The summed E-state index contributed by atoms with van der Waals surface area (Å²) in [5, 5.41) is 3.56. The van der Waals surface area contributed by atoms with Crippen molar-refractivity contribution >= 4 is 23.2 Å². The first-order chi connectivity index (χ1) is 7.91. The number of aromatic nitrogens is 2. The number of nitrogens with zero attached hydrogens (tertiary/aromatic N) is 2. The molecular formula is C10H5Cl2F3N2. The Morgan fingerprint density at radius 1 is 1.12 bits per heavy atom. The zero-order valence-corrected chi connectivity index (χ0v) is 9.68. The van der Waals surface area contributed by atoms with Crippen molar-refractivity contribution in [1.82, 2.24) is 9.78 Å². The summed E-state index contributed by atoms with van der Waals surface area (Å²) < 4.78 is 39.0. The second kappa shape index (κ2) is 4.23. The average Bonchev–Trinajstić information content (AvgIpc) is 2.63. The summed E-state index contributed by atoms with van der Waals surface area (Å²) in [6.45, 7) is 0. The molecule has 0 unspecified atom stereocenters. The molecule has 0 saturated carbocycles. The quantitative estimate of drug-likeness (QED) is 0.766. The van der Waals surface area contributed by atoms with Gasteiger partial charge in [0.25, 0.3) is 0 Å². The van der Waals surface area contributed by atoms with Crippen LogP contribution in [0.15, 0.2) is 30.5 Å². The van der Waals surface area contributed by atoms with Gasteiger partial charge in [-0.25, -0.2) is 4.68 Å². The number of hydrogen-bond acceptors (Lipinski definition) is 1. The minimum Gasteiger partial charge on any atom is -0.221 e. The molecule has 7 heteroatoms. The molecule has 0 radical (unpaired) electrons. The first-order valence-electron chi connectivity index (χ1n) is 4.47. The number of hydrogen-bond donors (Lipinski definition) is 0. The molecule has 0 saturated heterocycles. The molecule has 0 aliphatic heterocycles. The van der Waals surface area contributed by atoms with Crippen molar-refractivity contribution < 1.29 is 13.2 Å². The Morgan fingerprint density at radius 2 is 1.82 bits per heavy atom. The van der Waals surface area contributed by atoms with Crippen LogP contribution in [0.25, 0.3) is 5.69 Å². The second-order valence-electron chi connectivity index (χ2n) is 3.20. The van der Waals surface area contributed by atoms with Crippen molar-refractivity contribution in [1.29, 1.82) is 0 Å². The van der Waals surface area contributed by atoms with Gasteiger partial charge in [0.1, 0.15) is 5.15 Å². The smallest absolute Gasteiger partial charge is 0.221 e. The lowest BCUT2D eigenvalue weighted by atomic mass is 10.2. The van der Waals surface area contributed by atoms with E-state index in [1.54, 1.807) is 0 Å². The highest BCUT2D eigenvalue weighted by molar-refractivity contribution is 6.34. The SMILES string of the molecule is FC(F)(F)c1cccc(-n2nccc2Cl)c1Cl. The van der Waals surface area contributed by atoms with Crippen LogP contribution in [0.2, 0.25) is 10.2 Å². The maximum atomic E-state index is 12.6. The summed E-state index contributed by atoms with van der Waals surface area (Å²) in [5.74, 6) is 0. The van der Waals surface area contributed by atoms with Crippen molar-refractivity contribution in [2.75, 3.05) is 0 Å². The van der Waals surface area contributed by atoms with Gasteiger partial charge in [0.15, 0.2) is 0 Å². The molecule has 0 amide bonds. The van der Waals surface area contributed by atoms with E-state index < -0.39 is 16.8 Å². The Morgan fingerprint density at radius 3 is 2.35 bits per heavy atom. The Bertz CT molecular complexity index is 549. The summed E-state index contributed by atoms with van der Waals surface area (Å²) >= 11 is 11.5. The fourth-order valence-corrected chi connectivity index (χ4v) is 1.87. The largest absolute Gasteiger partial charge is 0.417 e. The van der Waals surface area contributed by atoms with Gasteiger partial charge in [-0.1, -0.05) is 29.3 Å². The Labute approximate surface area is 105 Å². The minimum absolute atomic E-state index is 0.0940. The fraction of sp³-hybridized carbons (Fsp3) is 0.100. The molecule has 2 rings (SSSR count). The second-order valence-corrected chi connectivity index (χ2v) is 3.97. The summed E-state index contributed by atoms with van der Waals surface area (Å²) in [4.78, 5) is 0. The van der Waals surface area contributed by atoms with Crippen molar-refractivity contribution in [3.63, 3.8) is 0 Å². The van der Waals surface area contributed by atoms with Gasteiger partial charge in [0.05, 0.1) is 22.5 Å². The van der Waals surface area contributed by atoms with Crippen LogP contribution in [0, 0.1) is 0 Å². The number of rotatable bonds is 1. The van der Waals surface area contributed by atoms with Gasteiger partial charge < -0.3 is 0 Å². The van der Waals surface area contributed by atoms with Gasteiger partial charge in [-0.2, -0.15) is 18.3 Å². The zero-order chi connectivity index (χ0) is 12.6. The highest BCUT2D eigenvalue weighted by atomic mass is 35.5. The Hall–Kier alpha value is -1.20. The third kappa shape index (κ3) is 2.25. The highest BCUT2D eigenvalue weighted by Gasteiger charge is 2.34. The summed E-state index contributed by atoms with van der Waals surface area (Å²) in [5.41, 5.74) is -0.820. The number of benzene rings is 1. The van der Waals surface area contributed by atoms with E-state index in [1.165, 1.54) is 24.4 Å². The van der Waals surface area contributed by atoms with Crippen molar-refractivity contribution in [2.45, 2.75) is 6.18 Å². The molecule has 1 aromatic carbocycles. The molecule has 1 aromatic heterocycles. The van der Waals surface area contributed by atoms with Crippen LogP contribution in [-0.2, 0) is 6.18 Å². The molecule has 0 atom stereocenters. The first kappa shape index (κ1) is 12.3. The van der Waals surface area contributed by atoms with E-state index >= 15 is 0 Å². The lowest BCUT2D eigenvalue weighted by Crippen LogP contribution is -2.08. The molecular weight excluding hydrogens is 276 g/mol. The highest BCUT2D eigenvalue weighted by Crippen LogP contribution is 2.37. The normalized spacial score (nSPS) is 11.8. The van der Waals surface area contributed by atoms with E-state index in [9.17, 15) is 13.2 Å². The van der Waals surface area contributed by atoms with E-state index in [2.05, 4.69) is 5.10 Å². The molecule has 2 nitrogen and oxygen atoms in total.